The molecule has 0 atom stereocenters. The summed E-state index contributed by atoms with van der Waals surface area (Å²) in [7, 11) is 0. The second kappa shape index (κ2) is 9.75. The second-order valence-corrected chi connectivity index (χ2v) is 9.62. The van der Waals surface area contributed by atoms with Gasteiger partial charge in [-0.25, -0.2) is 4.98 Å². The highest BCUT2D eigenvalue weighted by Crippen LogP contribution is 2.28. The predicted molar refractivity (Wildman–Crippen MR) is 143 cm³/mol. The van der Waals surface area contributed by atoms with Crippen molar-refractivity contribution in [2.75, 3.05) is 5.32 Å². The molecule has 0 aliphatic heterocycles. The Hall–Kier alpha value is -4.30. The molecule has 8 heteroatoms. The lowest BCUT2D eigenvalue weighted by molar-refractivity contribution is 0.102. The van der Waals surface area contributed by atoms with Gasteiger partial charge in [0, 0.05) is 23.6 Å². The lowest BCUT2D eigenvalue weighted by Crippen LogP contribution is -2.22. The lowest BCUT2D eigenvalue weighted by Gasteiger charge is -2.11. The molecule has 5 rings (SSSR count). The van der Waals surface area contributed by atoms with Crippen LogP contribution in [0.15, 0.2) is 76.9 Å². The second-order valence-electron chi connectivity index (χ2n) is 8.67. The number of hydrogen-bond donors (Lipinski definition) is 2. The zero-order valence-corrected chi connectivity index (χ0v) is 21.0. The fourth-order valence-electron chi connectivity index (χ4n) is 3.95. The van der Waals surface area contributed by atoms with Gasteiger partial charge in [-0.2, -0.15) is 9.78 Å². The van der Waals surface area contributed by atoms with Crippen LogP contribution in [0.2, 0.25) is 0 Å². The first-order chi connectivity index (χ1) is 17.4. The maximum atomic E-state index is 13.1. The van der Waals surface area contributed by atoms with Crippen molar-refractivity contribution in [2.45, 2.75) is 27.2 Å². The molecule has 36 heavy (non-hydrogen) atoms. The van der Waals surface area contributed by atoms with Crippen molar-refractivity contribution in [3.63, 3.8) is 0 Å². The number of hydrogen-bond acceptors (Lipinski definition) is 5. The van der Waals surface area contributed by atoms with Gasteiger partial charge >= 0.3 is 0 Å². The molecular weight excluding hydrogens is 470 g/mol. The van der Waals surface area contributed by atoms with Crippen LogP contribution in [0.1, 0.15) is 38.3 Å². The summed E-state index contributed by atoms with van der Waals surface area (Å²) in [4.78, 5) is 34.6. The third-order valence-corrected chi connectivity index (χ3v) is 7.02. The summed E-state index contributed by atoms with van der Waals surface area (Å²) in [5.41, 5.74) is 5.36. The van der Waals surface area contributed by atoms with E-state index in [4.69, 9.17) is 0 Å². The largest absolute Gasteiger partial charge is 0.306 e. The molecule has 0 saturated heterocycles. The van der Waals surface area contributed by atoms with Crippen LogP contribution in [0, 0.1) is 20.8 Å². The van der Waals surface area contributed by atoms with Crippen LogP contribution in [-0.4, -0.2) is 25.7 Å². The standard InChI is InChI=1S/C28H25N5O2S/c1-17-11-12-21(14-18(17)2)26(34)30-25-16-23(24-10-7-13-36-24)32-33(25)28-29-19(3)22(27(35)31-28)15-20-8-5-4-6-9-20/h4-14,16H,15H2,1-3H3,(H,30,34)(H,29,31,35). The Labute approximate surface area is 212 Å². The number of aryl methyl sites for hydroxylation is 3. The van der Waals surface area contributed by atoms with Crippen LogP contribution in [0.25, 0.3) is 16.5 Å². The van der Waals surface area contributed by atoms with Gasteiger partial charge in [0.1, 0.15) is 11.5 Å². The van der Waals surface area contributed by atoms with E-state index in [1.807, 2.05) is 80.7 Å². The first kappa shape index (κ1) is 23.4. The highest BCUT2D eigenvalue weighted by atomic mass is 32.1. The van der Waals surface area contributed by atoms with Crippen molar-refractivity contribution < 1.29 is 4.79 Å². The van der Waals surface area contributed by atoms with Crippen molar-refractivity contribution in [1.29, 1.82) is 0 Å². The smallest absolute Gasteiger partial charge is 0.256 e. The van der Waals surface area contributed by atoms with E-state index in [0.29, 0.717) is 34.8 Å². The Kier molecular flexibility index (Phi) is 6.35. The average Bonchev–Trinajstić information content (AvgIpc) is 3.54. The Morgan fingerprint density at radius 3 is 2.50 bits per heavy atom. The summed E-state index contributed by atoms with van der Waals surface area (Å²) in [6.07, 6.45) is 0.477. The third kappa shape index (κ3) is 4.76. The molecule has 0 spiro atoms. The molecule has 1 amide bonds. The monoisotopic (exact) mass is 495 g/mol. The Bertz CT molecular complexity index is 1600. The van der Waals surface area contributed by atoms with Crippen LogP contribution in [0.4, 0.5) is 5.82 Å². The zero-order valence-electron chi connectivity index (χ0n) is 20.2. The minimum absolute atomic E-state index is 0.235. The summed E-state index contributed by atoms with van der Waals surface area (Å²) in [6, 6.07) is 21.0. The molecule has 0 fully saturated rings. The van der Waals surface area contributed by atoms with E-state index < -0.39 is 0 Å². The van der Waals surface area contributed by atoms with E-state index in [1.165, 1.54) is 4.68 Å². The number of anilines is 1. The molecule has 2 N–H and O–H groups in total. The number of rotatable bonds is 6. The third-order valence-electron chi connectivity index (χ3n) is 6.13. The van der Waals surface area contributed by atoms with Crippen molar-refractivity contribution in [1.82, 2.24) is 19.7 Å². The number of aromatic amines is 1. The molecule has 0 saturated carbocycles. The van der Waals surface area contributed by atoms with Crippen LogP contribution < -0.4 is 10.9 Å². The van der Waals surface area contributed by atoms with Crippen LogP contribution in [-0.2, 0) is 6.42 Å². The predicted octanol–water partition coefficient (Wildman–Crippen LogP) is 5.45. The zero-order chi connectivity index (χ0) is 25.2. The van der Waals surface area contributed by atoms with Crippen LogP contribution in [0.3, 0.4) is 0 Å². The van der Waals surface area contributed by atoms with Gasteiger partial charge in [0.15, 0.2) is 0 Å². The molecule has 180 valence electrons. The van der Waals surface area contributed by atoms with Gasteiger partial charge in [0.05, 0.1) is 10.6 Å². The topological polar surface area (TPSA) is 92.7 Å². The summed E-state index contributed by atoms with van der Waals surface area (Å²) in [6.45, 7) is 5.79. The fraction of sp³-hybridized carbons (Fsp3) is 0.143. The van der Waals surface area contributed by atoms with Crippen LogP contribution >= 0.6 is 11.3 Å². The number of nitrogens with zero attached hydrogens (tertiary/aromatic N) is 3. The van der Waals surface area contributed by atoms with Crippen molar-refractivity contribution in [3.8, 4) is 16.5 Å². The number of H-pyrrole nitrogens is 1. The number of carbonyl (C=O) groups excluding carboxylic acids is 1. The molecule has 5 aromatic rings. The van der Waals surface area contributed by atoms with Gasteiger partial charge in [0.25, 0.3) is 11.5 Å². The highest BCUT2D eigenvalue weighted by molar-refractivity contribution is 7.13. The van der Waals surface area contributed by atoms with Gasteiger partial charge in [-0.05, 0) is 61.0 Å². The Morgan fingerprint density at radius 2 is 1.81 bits per heavy atom. The summed E-state index contributed by atoms with van der Waals surface area (Å²) in [5, 5.41) is 9.59. The molecule has 3 aromatic heterocycles. The fourth-order valence-corrected chi connectivity index (χ4v) is 4.63. The molecule has 0 radical (unpaired) electrons. The van der Waals surface area contributed by atoms with Gasteiger partial charge in [-0.3, -0.25) is 14.6 Å². The summed E-state index contributed by atoms with van der Waals surface area (Å²) in [5.74, 6) is 0.393. The van der Waals surface area contributed by atoms with Crippen LogP contribution in [0.5, 0.6) is 0 Å². The van der Waals surface area contributed by atoms with E-state index in [1.54, 1.807) is 23.5 Å². The van der Waals surface area contributed by atoms with E-state index >= 15 is 0 Å². The molecule has 7 nitrogen and oxygen atoms in total. The van der Waals surface area contributed by atoms with Crippen molar-refractivity contribution in [3.05, 3.63) is 116 Å². The molecule has 3 heterocycles. The van der Waals surface area contributed by atoms with Gasteiger partial charge in [-0.1, -0.05) is 42.5 Å². The molecule has 0 unspecified atom stereocenters. The number of benzene rings is 2. The average molecular weight is 496 g/mol. The number of amides is 1. The first-order valence-electron chi connectivity index (χ1n) is 11.6. The Balaban J connectivity index is 1.54. The number of aromatic nitrogens is 4. The van der Waals surface area contributed by atoms with Crippen molar-refractivity contribution >= 4 is 23.1 Å². The quantitative estimate of drug-likeness (QED) is 0.328. The van der Waals surface area contributed by atoms with Crippen molar-refractivity contribution in [2.24, 2.45) is 0 Å². The first-order valence-corrected chi connectivity index (χ1v) is 12.4. The minimum atomic E-state index is -0.267. The number of carbonyl (C=O) groups is 1. The van der Waals surface area contributed by atoms with E-state index in [9.17, 15) is 9.59 Å². The maximum absolute atomic E-state index is 13.1. The molecule has 2 aromatic carbocycles. The van der Waals surface area contributed by atoms with Gasteiger partial charge in [-0.15, -0.1) is 11.3 Å². The molecular formula is C28H25N5O2S. The van der Waals surface area contributed by atoms with E-state index in [2.05, 4.69) is 20.4 Å². The van der Waals surface area contributed by atoms with E-state index in [0.717, 1.165) is 21.6 Å². The normalized spacial score (nSPS) is 11.0. The molecule has 0 aliphatic carbocycles. The number of thiophene rings is 1. The van der Waals surface area contributed by atoms with E-state index in [-0.39, 0.29) is 17.4 Å². The molecule has 0 bridgehead atoms. The molecule has 0 aliphatic rings. The van der Waals surface area contributed by atoms with Gasteiger partial charge < -0.3 is 5.32 Å². The van der Waals surface area contributed by atoms with Gasteiger partial charge in [0.2, 0.25) is 5.95 Å². The summed E-state index contributed by atoms with van der Waals surface area (Å²) < 4.78 is 1.48. The number of nitrogens with one attached hydrogen (secondary N) is 2. The summed E-state index contributed by atoms with van der Waals surface area (Å²) >= 11 is 1.54. The minimum Gasteiger partial charge on any atom is -0.306 e. The lowest BCUT2D eigenvalue weighted by atomic mass is 10.1. The maximum Gasteiger partial charge on any atom is 0.256 e. The SMILES string of the molecule is Cc1ccc(C(=O)Nc2cc(-c3cccs3)nn2-c2nc(C)c(Cc3ccccc3)c(=O)[nH]2)cc1C. The highest BCUT2D eigenvalue weighted by Gasteiger charge is 2.19. The Morgan fingerprint density at radius 1 is 1.00 bits per heavy atom.